The molecule has 0 aliphatic heterocycles. The van der Waals surface area contributed by atoms with E-state index in [0.717, 1.165) is 5.56 Å². The first-order chi connectivity index (χ1) is 11.9. The fourth-order valence-corrected chi connectivity index (χ4v) is 3.27. The molecule has 8 heteroatoms. The van der Waals surface area contributed by atoms with Gasteiger partial charge in [-0.15, -0.1) is 0 Å². The van der Waals surface area contributed by atoms with Crippen LogP contribution in [-0.4, -0.2) is 35.1 Å². The van der Waals surface area contributed by atoms with Gasteiger partial charge in [-0.05, 0) is 24.1 Å². The van der Waals surface area contributed by atoms with Crippen molar-refractivity contribution in [2.45, 2.75) is 18.5 Å². The molecule has 0 radical (unpaired) electrons. The van der Waals surface area contributed by atoms with E-state index in [1.54, 1.807) is 0 Å². The molecule has 0 aliphatic rings. The van der Waals surface area contributed by atoms with Crippen LogP contribution >= 0.6 is 0 Å². The maximum absolute atomic E-state index is 11.3. The maximum Gasteiger partial charge on any atom is 0.243 e. The van der Waals surface area contributed by atoms with Crippen LogP contribution < -0.4 is 5.73 Å². The number of sulfone groups is 1. The van der Waals surface area contributed by atoms with E-state index in [-0.39, 0.29) is 24.1 Å². The molecule has 7 nitrogen and oxygen atoms in total. The van der Waals surface area contributed by atoms with Crippen LogP contribution in [0.15, 0.2) is 59.4 Å². The number of benzene rings is 1. The molecular weight excluding hydrogens is 340 g/mol. The minimum Gasteiger partial charge on any atom is -0.339 e. The van der Waals surface area contributed by atoms with Crippen LogP contribution in [0.25, 0.3) is 0 Å². The van der Waals surface area contributed by atoms with Crippen molar-refractivity contribution >= 4 is 9.84 Å². The lowest BCUT2D eigenvalue weighted by Crippen LogP contribution is -2.17. The van der Waals surface area contributed by atoms with Crippen LogP contribution in [0.3, 0.4) is 0 Å². The molecule has 0 fully saturated rings. The Morgan fingerprint density at radius 3 is 2.48 bits per heavy atom. The van der Waals surface area contributed by atoms with Crippen LogP contribution in [0.2, 0.25) is 0 Å². The molecule has 2 aromatic heterocycles. The van der Waals surface area contributed by atoms with Gasteiger partial charge in [-0.1, -0.05) is 35.5 Å². The Kier molecular flexibility index (Phi) is 5.00. The molecule has 0 bridgehead atoms. The number of nitrogens with zero attached hydrogens (tertiary/aromatic N) is 3. The third-order valence-corrected chi connectivity index (χ3v) is 4.84. The quantitative estimate of drug-likeness (QED) is 0.690. The predicted molar refractivity (Wildman–Crippen MR) is 93.7 cm³/mol. The minimum absolute atomic E-state index is 0.0222. The summed E-state index contributed by atoms with van der Waals surface area (Å²) in [6.07, 6.45) is 5.27. The zero-order chi connectivity index (χ0) is 17.9. The largest absolute Gasteiger partial charge is 0.339 e. The van der Waals surface area contributed by atoms with E-state index in [9.17, 15) is 8.42 Å². The summed E-state index contributed by atoms with van der Waals surface area (Å²) in [6.45, 7) is 0. The summed E-state index contributed by atoms with van der Waals surface area (Å²) in [7, 11) is -3.09. The summed E-state index contributed by atoms with van der Waals surface area (Å²) in [5, 5.41) is 4.08. The SMILES string of the molecule is CS(=O)(=O)CC[C@@H](N)c1nc([C@H](c2ccccc2)n2cccc2)no1. The standard InChI is InChI=1S/C17H20N4O3S/c1-25(22,23)12-9-14(18)17-19-16(20-24-17)15(21-10-5-6-11-21)13-7-3-2-4-8-13/h2-8,10-11,14-15H,9,12,18H2,1H3/t14-,15+/m1/s1. The third kappa shape index (κ3) is 4.34. The van der Waals surface area contributed by atoms with Crippen molar-refractivity contribution in [1.29, 1.82) is 0 Å². The molecule has 132 valence electrons. The van der Waals surface area contributed by atoms with Crippen molar-refractivity contribution in [1.82, 2.24) is 14.7 Å². The van der Waals surface area contributed by atoms with Gasteiger partial charge in [0.1, 0.15) is 15.9 Å². The molecule has 3 aromatic rings. The molecule has 0 saturated heterocycles. The van der Waals surface area contributed by atoms with Gasteiger partial charge in [0.15, 0.2) is 5.82 Å². The van der Waals surface area contributed by atoms with Gasteiger partial charge in [0.05, 0.1) is 11.8 Å². The van der Waals surface area contributed by atoms with Crippen LogP contribution in [0.5, 0.6) is 0 Å². The molecule has 2 N–H and O–H groups in total. The summed E-state index contributed by atoms with van der Waals surface area (Å²) in [5.74, 6) is 0.699. The van der Waals surface area contributed by atoms with Gasteiger partial charge in [-0.25, -0.2) is 8.42 Å². The van der Waals surface area contributed by atoms with Crippen LogP contribution in [0.1, 0.15) is 35.8 Å². The maximum atomic E-state index is 11.3. The van der Waals surface area contributed by atoms with Gasteiger partial charge in [0.25, 0.3) is 0 Å². The number of hydrogen-bond acceptors (Lipinski definition) is 6. The average Bonchev–Trinajstić information content (AvgIpc) is 3.26. The minimum atomic E-state index is -3.09. The first-order valence-electron chi connectivity index (χ1n) is 7.88. The highest BCUT2D eigenvalue weighted by Gasteiger charge is 2.24. The Balaban J connectivity index is 1.87. The zero-order valence-electron chi connectivity index (χ0n) is 13.8. The molecule has 1 aromatic carbocycles. The van der Waals surface area contributed by atoms with E-state index in [2.05, 4.69) is 10.1 Å². The second kappa shape index (κ2) is 7.20. The van der Waals surface area contributed by atoms with E-state index >= 15 is 0 Å². The van der Waals surface area contributed by atoms with E-state index in [4.69, 9.17) is 10.3 Å². The average molecular weight is 360 g/mol. The summed E-state index contributed by atoms with van der Waals surface area (Å²) < 4.78 is 29.9. The highest BCUT2D eigenvalue weighted by molar-refractivity contribution is 7.90. The van der Waals surface area contributed by atoms with Crippen molar-refractivity contribution in [2.24, 2.45) is 5.73 Å². The van der Waals surface area contributed by atoms with Crippen molar-refractivity contribution in [3.63, 3.8) is 0 Å². The normalized spacial score (nSPS) is 14.3. The molecule has 0 unspecified atom stereocenters. The summed E-state index contributed by atoms with van der Waals surface area (Å²) >= 11 is 0. The molecule has 0 saturated carbocycles. The number of hydrogen-bond donors (Lipinski definition) is 1. The predicted octanol–water partition coefficient (Wildman–Crippen LogP) is 1.94. The Morgan fingerprint density at radius 1 is 1.16 bits per heavy atom. The smallest absolute Gasteiger partial charge is 0.243 e. The second-order valence-electron chi connectivity index (χ2n) is 5.96. The second-order valence-corrected chi connectivity index (χ2v) is 8.22. The fourth-order valence-electron chi connectivity index (χ4n) is 2.58. The molecule has 25 heavy (non-hydrogen) atoms. The molecule has 0 spiro atoms. The third-order valence-electron chi connectivity index (χ3n) is 3.86. The lowest BCUT2D eigenvalue weighted by atomic mass is 10.1. The van der Waals surface area contributed by atoms with Gasteiger partial charge >= 0.3 is 0 Å². The molecule has 0 amide bonds. The topological polar surface area (TPSA) is 104 Å². The van der Waals surface area contributed by atoms with E-state index in [0.29, 0.717) is 5.82 Å². The zero-order valence-corrected chi connectivity index (χ0v) is 14.6. The summed E-state index contributed by atoms with van der Waals surface area (Å²) in [6, 6.07) is 12.8. The van der Waals surface area contributed by atoms with E-state index < -0.39 is 15.9 Å². The summed E-state index contributed by atoms with van der Waals surface area (Å²) in [4.78, 5) is 4.43. The lowest BCUT2D eigenvalue weighted by molar-refractivity contribution is 0.346. The molecule has 0 aliphatic carbocycles. The lowest BCUT2D eigenvalue weighted by Gasteiger charge is -2.15. The van der Waals surface area contributed by atoms with Gasteiger partial charge in [-0.3, -0.25) is 0 Å². The van der Waals surface area contributed by atoms with Gasteiger partial charge in [0.2, 0.25) is 5.89 Å². The van der Waals surface area contributed by atoms with Crippen molar-refractivity contribution in [3.05, 3.63) is 72.1 Å². The van der Waals surface area contributed by atoms with Gasteiger partial charge in [0, 0.05) is 18.6 Å². The first kappa shape index (κ1) is 17.4. The monoisotopic (exact) mass is 360 g/mol. The molecule has 2 heterocycles. The molecule has 3 rings (SSSR count). The number of nitrogens with two attached hydrogens (primary N) is 1. The summed E-state index contributed by atoms with van der Waals surface area (Å²) in [5.41, 5.74) is 7.02. The van der Waals surface area contributed by atoms with Crippen molar-refractivity contribution in [2.75, 3.05) is 12.0 Å². The Bertz CT molecular complexity index is 905. The fraction of sp³-hybridized carbons (Fsp3) is 0.294. The van der Waals surface area contributed by atoms with Crippen LogP contribution in [0.4, 0.5) is 0 Å². The molecule has 2 atom stereocenters. The number of rotatable bonds is 7. The molecular formula is C17H20N4O3S. The van der Waals surface area contributed by atoms with E-state index in [1.807, 2.05) is 59.4 Å². The highest BCUT2D eigenvalue weighted by atomic mass is 32.2. The number of aromatic nitrogens is 3. The first-order valence-corrected chi connectivity index (χ1v) is 9.94. The van der Waals surface area contributed by atoms with Crippen LogP contribution in [0, 0.1) is 0 Å². The van der Waals surface area contributed by atoms with Crippen molar-refractivity contribution < 1.29 is 12.9 Å². The Labute approximate surface area is 146 Å². The van der Waals surface area contributed by atoms with Crippen LogP contribution in [-0.2, 0) is 9.84 Å². The highest BCUT2D eigenvalue weighted by Crippen LogP contribution is 2.25. The van der Waals surface area contributed by atoms with Gasteiger partial charge < -0.3 is 14.8 Å². The van der Waals surface area contributed by atoms with Gasteiger partial charge in [-0.2, -0.15) is 4.98 Å². The van der Waals surface area contributed by atoms with E-state index in [1.165, 1.54) is 6.26 Å². The Morgan fingerprint density at radius 2 is 1.84 bits per heavy atom. The Hall–Kier alpha value is -2.45. The van der Waals surface area contributed by atoms with Crippen molar-refractivity contribution in [3.8, 4) is 0 Å².